The Kier molecular flexibility index (Phi) is 42.2. The van der Waals surface area contributed by atoms with Crippen LogP contribution in [0.3, 0.4) is 0 Å². The van der Waals surface area contributed by atoms with Crippen LogP contribution in [0.2, 0.25) is 0 Å². The fourth-order valence-corrected chi connectivity index (χ4v) is 0.715. The van der Waals surface area contributed by atoms with Gasteiger partial charge in [-0.3, -0.25) is 4.79 Å². The monoisotopic (exact) mass is 193 g/mol. The standard InChI is InChI=1S/C7H16O.CH3NO.CH4O/c1-2-3-4-5-6-7-8;2-1-3;1-2/h8H,2-7H2,1H3;1H,(H2,2,3);2H,1H3. The minimum Gasteiger partial charge on any atom is -0.400 e. The van der Waals surface area contributed by atoms with Crippen molar-refractivity contribution < 1.29 is 15.0 Å². The number of carbonyl (C=O) groups excluding carboxylic acids is 1. The summed E-state index contributed by atoms with van der Waals surface area (Å²) < 4.78 is 0. The van der Waals surface area contributed by atoms with E-state index in [1.165, 1.54) is 25.7 Å². The second-order valence-corrected chi connectivity index (χ2v) is 2.27. The average molecular weight is 193 g/mol. The van der Waals surface area contributed by atoms with Crippen molar-refractivity contribution in [3.63, 3.8) is 0 Å². The zero-order valence-corrected chi connectivity index (χ0v) is 8.70. The third-order valence-corrected chi connectivity index (χ3v) is 1.26. The van der Waals surface area contributed by atoms with E-state index in [1.54, 1.807) is 0 Å². The van der Waals surface area contributed by atoms with Crippen LogP contribution in [0.4, 0.5) is 0 Å². The molecule has 4 nitrogen and oxygen atoms in total. The van der Waals surface area contributed by atoms with Gasteiger partial charge in [0.25, 0.3) is 0 Å². The summed E-state index contributed by atoms with van der Waals surface area (Å²) in [5.74, 6) is 0. The second kappa shape index (κ2) is 30.1. The van der Waals surface area contributed by atoms with E-state index in [9.17, 15) is 0 Å². The van der Waals surface area contributed by atoms with Crippen LogP contribution in [0.15, 0.2) is 0 Å². The van der Waals surface area contributed by atoms with E-state index in [2.05, 4.69) is 12.7 Å². The van der Waals surface area contributed by atoms with Crippen molar-refractivity contribution in [2.75, 3.05) is 13.7 Å². The van der Waals surface area contributed by atoms with Crippen LogP contribution in [0.1, 0.15) is 39.0 Å². The first-order valence-corrected chi connectivity index (χ1v) is 4.54. The zero-order chi connectivity index (χ0) is 10.9. The van der Waals surface area contributed by atoms with Crippen molar-refractivity contribution in [1.29, 1.82) is 0 Å². The lowest BCUT2D eigenvalue weighted by molar-refractivity contribution is -0.106. The van der Waals surface area contributed by atoms with Crippen molar-refractivity contribution in [1.82, 2.24) is 0 Å². The van der Waals surface area contributed by atoms with Gasteiger partial charge in [-0.05, 0) is 6.42 Å². The molecule has 0 atom stereocenters. The zero-order valence-electron chi connectivity index (χ0n) is 8.70. The third-order valence-electron chi connectivity index (χ3n) is 1.26. The van der Waals surface area contributed by atoms with Crippen LogP contribution in [-0.2, 0) is 4.79 Å². The van der Waals surface area contributed by atoms with Crippen LogP contribution in [-0.4, -0.2) is 30.3 Å². The smallest absolute Gasteiger partial charge is 0.204 e. The minimum atomic E-state index is 0.250. The lowest BCUT2D eigenvalue weighted by Crippen LogP contribution is -1.82. The molecule has 0 aromatic heterocycles. The van der Waals surface area contributed by atoms with E-state index in [4.69, 9.17) is 15.0 Å². The molecule has 0 radical (unpaired) electrons. The van der Waals surface area contributed by atoms with Crippen molar-refractivity contribution >= 4 is 6.41 Å². The molecule has 0 aliphatic rings. The van der Waals surface area contributed by atoms with Gasteiger partial charge in [0.2, 0.25) is 6.41 Å². The van der Waals surface area contributed by atoms with Gasteiger partial charge in [-0.15, -0.1) is 0 Å². The first-order valence-electron chi connectivity index (χ1n) is 4.54. The summed E-state index contributed by atoms with van der Waals surface area (Å²) in [4.78, 5) is 8.58. The van der Waals surface area contributed by atoms with E-state index < -0.39 is 0 Å². The normalized spacial score (nSPS) is 7.38. The number of nitrogens with two attached hydrogens (primary N) is 1. The Bertz CT molecular complexity index is 63.9. The molecule has 0 saturated carbocycles. The van der Waals surface area contributed by atoms with E-state index in [1.807, 2.05) is 0 Å². The molecule has 13 heavy (non-hydrogen) atoms. The molecule has 0 unspecified atom stereocenters. The van der Waals surface area contributed by atoms with Crippen LogP contribution in [0.25, 0.3) is 0 Å². The molecule has 0 aliphatic carbocycles. The van der Waals surface area contributed by atoms with Gasteiger partial charge in [0, 0.05) is 13.7 Å². The lowest BCUT2D eigenvalue weighted by Gasteiger charge is -1.93. The molecule has 4 N–H and O–H groups in total. The topological polar surface area (TPSA) is 83.6 Å². The van der Waals surface area contributed by atoms with Gasteiger partial charge in [-0.2, -0.15) is 0 Å². The quantitative estimate of drug-likeness (QED) is 0.443. The highest BCUT2D eigenvalue weighted by Crippen LogP contribution is 2.00. The number of aliphatic hydroxyl groups is 2. The number of hydrogen-bond donors (Lipinski definition) is 3. The van der Waals surface area contributed by atoms with Gasteiger partial charge in [0.05, 0.1) is 0 Å². The molecule has 0 spiro atoms. The molecular weight excluding hydrogens is 170 g/mol. The lowest BCUT2D eigenvalue weighted by atomic mass is 10.2. The molecule has 4 heteroatoms. The summed E-state index contributed by atoms with van der Waals surface area (Å²) in [6, 6.07) is 0. The maximum absolute atomic E-state index is 8.58. The number of primary amides is 1. The average Bonchev–Trinajstić information content (AvgIpc) is 2.17. The highest BCUT2D eigenvalue weighted by atomic mass is 16.3. The summed E-state index contributed by atoms with van der Waals surface area (Å²) in [5, 5.41) is 15.4. The van der Waals surface area contributed by atoms with Gasteiger partial charge in [0.15, 0.2) is 0 Å². The molecular formula is C9H23NO3. The summed E-state index contributed by atoms with van der Waals surface area (Å²) in [5.41, 5.74) is 4.17. The third kappa shape index (κ3) is 52.1. The van der Waals surface area contributed by atoms with Crippen molar-refractivity contribution in [3.05, 3.63) is 0 Å². The number of amides is 1. The van der Waals surface area contributed by atoms with Crippen molar-refractivity contribution in [2.24, 2.45) is 5.73 Å². The first-order chi connectivity index (χ1) is 6.33. The fraction of sp³-hybridized carbons (Fsp3) is 0.889. The summed E-state index contributed by atoms with van der Waals surface area (Å²) in [6.45, 7) is 2.56. The second-order valence-electron chi connectivity index (χ2n) is 2.27. The van der Waals surface area contributed by atoms with Crippen molar-refractivity contribution in [2.45, 2.75) is 39.0 Å². The molecule has 0 saturated heterocycles. The molecule has 0 aliphatic heterocycles. The predicted octanol–water partition coefficient (Wildman–Crippen LogP) is 0.659. The van der Waals surface area contributed by atoms with Gasteiger partial charge in [0.1, 0.15) is 0 Å². The maximum atomic E-state index is 8.58. The van der Waals surface area contributed by atoms with Crippen LogP contribution >= 0.6 is 0 Å². The van der Waals surface area contributed by atoms with E-state index >= 15 is 0 Å². The molecule has 0 fully saturated rings. The van der Waals surface area contributed by atoms with E-state index in [0.717, 1.165) is 13.5 Å². The SMILES string of the molecule is CCCCCCCO.CO.NC=O. The number of unbranched alkanes of at least 4 members (excludes halogenated alkanes) is 4. The molecule has 82 valence electrons. The van der Waals surface area contributed by atoms with Gasteiger partial charge in [-0.25, -0.2) is 0 Å². The van der Waals surface area contributed by atoms with Crippen molar-refractivity contribution in [3.8, 4) is 0 Å². The molecule has 0 aromatic carbocycles. The summed E-state index contributed by atoms with van der Waals surface area (Å²) in [7, 11) is 1.00. The predicted molar refractivity (Wildman–Crippen MR) is 54.2 cm³/mol. The minimum absolute atomic E-state index is 0.250. The Morgan fingerprint density at radius 2 is 1.54 bits per heavy atom. The highest BCUT2D eigenvalue weighted by Gasteiger charge is 1.84. The Balaban J connectivity index is -0.000000169. The van der Waals surface area contributed by atoms with Gasteiger partial charge >= 0.3 is 0 Å². The van der Waals surface area contributed by atoms with Crippen LogP contribution in [0.5, 0.6) is 0 Å². The van der Waals surface area contributed by atoms with E-state index in [-0.39, 0.29) is 6.41 Å². The van der Waals surface area contributed by atoms with Crippen LogP contribution in [0, 0.1) is 0 Å². The summed E-state index contributed by atoms with van der Waals surface area (Å²) in [6.07, 6.45) is 6.33. The molecule has 0 rings (SSSR count). The largest absolute Gasteiger partial charge is 0.400 e. The fourth-order valence-electron chi connectivity index (χ4n) is 0.715. The van der Waals surface area contributed by atoms with Gasteiger partial charge in [-0.1, -0.05) is 32.6 Å². The Morgan fingerprint density at radius 1 is 1.15 bits per heavy atom. The van der Waals surface area contributed by atoms with Crippen LogP contribution < -0.4 is 5.73 Å². The molecule has 0 aromatic rings. The molecule has 1 amide bonds. The molecule has 0 heterocycles. The van der Waals surface area contributed by atoms with Gasteiger partial charge < -0.3 is 15.9 Å². The maximum Gasteiger partial charge on any atom is 0.204 e. The number of rotatable bonds is 5. The summed E-state index contributed by atoms with van der Waals surface area (Å²) >= 11 is 0. The first kappa shape index (κ1) is 18.2. The number of hydrogen-bond acceptors (Lipinski definition) is 3. The number of carbonyl (C=O) groups is 1. The Morgan fingerprint density at radius 3 is 1.85 bits per heavy atom. The Labute approximate surface area is 80.8 Å². The Hall–Kier alpha value is -0.610. The number of aliphatic hydroxyl groups excluding tert-OH is 2. The molecule has 0 bridgehead atoms. The highest BCUT2D eigenvalue weighted by molar-refractivity contribution is 5.42. The van der Waals surface area contributed by atoms with E-state index in [0.29, 0.717) is 6.61 Å².